The molecule has 6 heteroatoms. The Balaban J connectivity index is 2.12. The first-order valence-corrected chi connectivity index (χ1v) is 5.85. The van der Waals surface area contributed by atoms with Crippen molar-refractivity contribution in [2.24, 2.45) is 0 Å². The molecule has 0 unspecified atom stereocenters. The molecular formula is C12H9N3O2S. The van der Waals surface area contributed by atoms with Gasteiger partial charge in [0.05, 0.1) is 6.20 Å². The van der Waals surface area contributed by atoms with E-state index in [-0.39, 0.29) is 12.5 Å². The predicted molar refractivity (Wildman–Crippen MR) is 68.3 cm³/mol. The Morgan fingerprint density at radius 1 is 1.50 bits per heavy atom. The summed E-state index contributed by atoms with van der Waals surface area (Å²) in [6, 6.07) is 7.07. The van der Waals surface area contributed by atoms with Gasteiger partial charge in [-0.05, 0) is 29.7 Å². The molecule has 0 spiro atoms. The first-order chi connectivity index (χ1) is 8.79. The summed E-state index contributed by atoms with van der Waals surface area (Å²) in [5.41, 5.74) is 1.36. The summed E-state index contributed by atoms with van der Waals surface area (Å²) < 4.78 is 3.62. The van der Waals surface area contributed by atoms with E-state index in [1.165, 1.54) is 6.20 Å². The molecule has 1 amide bonds. The molecule has 2 rings (SSSR count). The smallest absolute Gasteiger partial charge is 0.269 e. The number of amides is 1. The molecule has 1 aromatic carbocycles. The van der Waals surface area contributed by atoms with E-state index >= 15 is 0 Å². The minimum atomic E-state index is -0.253. The van der Waals surface area contributed by atoms with E-state index in [2.05, 4.69) is 26.7 Å². The molecule has 0 radical (unpaired) electrons. The molecule has 0 aliphatic rings. The molecule has 0 saturated heterocycles. The number of nitrogens with one attached hydrogen (secondary N) is 1. The maximum atomic E-state index is 11.7. The average Bonchev–Trinajstić information content (AvgIpc) is 2.91. The van der Waals surface area contributed by atoms with Crippen LogP contribution in [-0.2, 0) is 0 Å². The first-order valence-electron chi connectivity index (χ1n) is 5.08. The minimum absolute atomic E-state index is 0.191. The first kappa shape index (κ1) is 12.2. The van der Waals surface area contributed by atoms with Gasteiger partial charge in [-0.2, -0.15) is 0 Å². The summed E-state index contributed by atoms with van der Waals surface area (Å²) in [4.78, 5) is 12.2. The van der Waals surface area contributed by atoms with Gasteiger partial charge in [0.15, 0.2) is 0 Å². The SMILES string of the molecule is O=C(Nc1cccc(C#CCO)c1)c1cnns1. The van der Waals surface area contributed by atoms with Crippen LogP contribution in [0.3, 0.4) is 0 Å². The van der Waals surface area contributed by atoms with Gasteiger partial charge in [-0.15, -0.1) is 5.10 Å². The van der Waals surface area contributed by atoms with Gasteiger partial charge in [-0.25, -0.2) is 0 Å². The van der Waals surface area contributed by atoms with Gasteiger partial charge in [0.25, 0.3) is 5.91 Å². The van der Waals surface area contributed by atoms with Gasteiger partial charge >= 0.3 is 0 Å². The highest BCUT2D eigenvalue weighted by atomic mass is 32.1. The number of aliphatic hydroxyl groups is 1. The summed E-state index contributed by atoms with van der Waals surface area (Å²) >= 11 is 1.03. The van der Waals surface area contributed by atoms with Crippen molar-refractivity contribution in [3.63, 3.8) is 0 Å². The predicted octanol–water partition coefficient (Wildman–Crippen LogP) is 1.13. The molecular weight excluding hydrogens is 250 g/mol. The van der Waals surface area contributed by atoms with E-state index in [1.54, 1.807) is 24.3 Å². The fraction of sp³-hybridized carbons (Fsp3) is 0.0833. The molecule has 18 heavy (non-hydrogen) atoms. The van der Waals surface area contributed by atoms with E-state index in [0.717, 1.165) is 17.1 Å². The third kappa shape index (κ3) is 3.13. The Labute approximate surface area is 108 Å². The van der Waals surface area contributed by atoms with Crippen molar-refractivity contribution in [3.8, 4) is 11.8 Å². The van der Waals surface area contributed by atoms with Crippen molar-refractivity contribution in [3.05, 3.63) is 40.9 Å². The van der Waals surface area contributed by atoms with Gasteiger partial charge in [0.1, 0.15) is 11.5 Å². The number of carbonyl (C=O) groups is 1. The van der Waals surface area contributed by atoms with Crippen LogP contribution in [-0.4, -0.2) is 27.2 Å². The number of hydrogen-bond acceptors (Lipinski definition) is 5. The second kappa shape index (κ2) is 5.91. The van der Waals surface area contributed by atoms with Gasteiger partial charge < -0.3 is 10.4 Å². The normalized spacial score (nSPS) is 9.39. The Kier molecular flexibility index (Phi) is 4.02. The van der Waals surface area contributed by atoms with Crippen LogP contribution in [0.5, 0.6) is 0 Å². The van der Waals surface area contributed by atoms with Crippen LogP contribution in [0.25, 0.3) is 0 Å². The fourth-order valence-corrected chi connectivity index (χ4v) is 1.69. The van der Waals surface area contributed by atoms with E-state index in [0.29, 0.717) is 10.6 Å². The van der Waals surface area contributed by atoms with Crippen LogP contribution in [0.1, 0.15) is 15.2 Å². The van der Waals surface area contributed by atoms with Crippen molar-refractivity contribution < 1.29 is 9.90 Å². The molecule has 90 valence electrons. The van der Waals surface area contributed by atoms with E-state index in [1.807, 2.05) is 0 Å². The lowest BCUT2D eigenvalue weighted by Gasteiger charge is -2.02. The highest BCUT2D eigenvalue weighted by Crippen LogP contribution is 2.12. The van der Waals surface area contributed by atoms with Gasteiger partial charge in [0.2, 0.25) is 0 Å². The third-order valence-corrected chi connectivity index (χ3v) is 2.68. The third-order valence-electron chi connectivity index (χ3n) is 2.02. The largest absolute Gasteiger partial charge is 0.384 e. The number of nitrogens with zero attached hydrogens (tertiary/aromatic N) is 2. The topological polar surface area (TPSA) is 75.1 Å². The summed E-state index contributed by atoms with van der Waals surface area (Å²) in [6.45, 7) is -0.191. The Bertz CT molecular complexity index is 599. The van der Waals surface area contributed by atoms with Crippen LogP contribution in [0, 0.1) is 11.8 Å². The number of hydrogen-bond donors (Lipinski definition) is 2. The molecule has 1 aromatic heterocycles. The van der Waals surface area contributed by atoms with Gasteiger partial charge in [0, 0.05) is 11.3 Å². The number of benzene rings is 1. The van der Waals surface area contributed by atoms with Crippen LogP contribution in [0.4, 0.5) is 5.69 Å². The Morgan fingerprint density at radius 2 is 2.39 bits per heavy atom. The number of aliphatic hydroxyl groups excluding tert-OH is 1. The molecule has 2 N–H and O–H groups in total. The molecule has 0 aliphatic heterocycles. The van der Waals surface area contributed by atoms with Crippen molar-refractivity contribution in [2.45, 2.75) is 0 Å². The number of aromatic nitrogens is 2. The van der Waals surface area contributed by atoms with Crippen LogP contribution >= 0.6 is 11.5 Å². The molecule has 0 bridgehead atoms. The van der Waals surface area contributed by atoms with Crippen molar-refractivity contribution in [1.82, 2.24) is 9.59 Å². The molecule has 0 fully saturated rings. The summed E-state index contributed by atoms with van der Waals surface area (Å²) in [5, 5.41) is 14.9. The number of carbonyl (C=O) groups excluding carboxylic acids is 1. The van der Waals surface area contributed by atoms with Crippen LogP contribution in [0.2, 0.25) is 0 Å². The summed E-state index contributed by atoms with van der Waals surface area (Å²) in [7, 11) is 0. The quantitative estimate of drug-likeness (QED) is 0.793. The minimum Gasteiger partial charge on any atom is -0.384 e. The van der Waals surface area contributed by atoms with Crippen molar-refractivity contribution in [2.75, 3.05) is 11.9 Å². The average molecular weight is 259 g/mol. The number of rotatable bonds is 2. The monoisotopic (exact) mass is 259 g/mol. The van der Waals surface area contributed by atoms with E-state index < -0.39 is 0 Å². The molecule has 2 aromatic rings. The van der Waals surface area contributed by atoms with Gasteiger partial charge in [-0.3, -0.25) is 4.79 Å². The Morgan fingerprint density at radius 3 is 3.11 bits per heavy atom. The molecule has 0 aliphatic carbocycles. The lowest BCUT2D eigenvalue weighted by atomic mass is 10.2. The summed E-state index contributed by atoms with van der Waals surface area (Å²) in [6.07, 6.45) is 1.41. The van der Waals surface area contributed by atoms with Crippen molar-refractivity contribution in [1.29, 1.82) is 0 Å². The Hall–Kier alpha value is -2.23. The lowest BCUT2D eigenvalue weighted by Crippen LogP contribution is -2.10. The molecule has 1 heterocycles. The zero-order valence-electron chi connectivity index (χ0n) is 9.25. The maximum Gasteiger partial charge on any atom is 0.269 e. The van der Waals surface area contributed by atoms with E-state index in [9.17, 15) is 4.79 Å². The zero-order valence-corrected chi connectivity index (χ0v) is 10.1. The molecule has 5 nitrogen and oxygen atoms in total. The lowest BCUT2D eigenvalue weighted by molar-refractivity contribution is 0.103. The standard InChI is InChI=1S/C12H9N3O2S/c16-6-2-4-9-3-1-5-10(7-9)14-12(17)11-8-13-15-18-11/h1,3,5,7-8,16H,6H2,(H,14,17). The highest BCUT2D eigenvalue weighted by molar-refractivity contribution is 7.07. The van der Waals surface area contributed by atoms with Crippen LogP contribution in [0.15, 0.2) is 30.5 Å². The fourth-order valence-electron chi connectivity index (χ4n) is 1.28. The molecule has 0 atom stereocenters. The van der Waals surface area contributed by atoms with Crippen LogP contribution < -0.4 is 5.32 Å². The maximum absolute atomic E-state index is 11.7. The van der Waals surface area contributed by atoms with E-state index in [4.69, 9.17) is 5.11 Å². The zero-order chi connectivity index (χ0) is 12.8. The highest BCUT2D eigenvalue weighted by Gasteiger charge is 2.08. The summed E-state index contributed by atoms with van der Waals surface area (Å²) in [5.74, 6) is 5.06. The molecule has 0 saturated carbocycles. The van der Waals surface area contributed by atoms with Crippen molar-refractivity contribution >= 4 is 23.1 Å². The second-order valence-corrected chi connectivity index (χ2v) is 4.06. The van der Waals surface area contributed by atoms with Gasteiger partial charge in [-0.1, -0.05) is 22.4 Å². The second-order valence-electron chi connectivity index (χ2n) is 3.28. The number of anilines is 1.